The number of pyridine rings is 1. The number of aromatic nitrogens is 1. The van der Waals surface area contributed by atoms with Crippen LogP contribution >= 0.6 is 0 Å². The number of fused-ring (bicyclic) bond motifs is 1. The first-order valence-electron chi connectivity index (χ1n) is 8.15. The van der Waals surface area contributed by atoms with Gasteiger partial charge in [-0.2, -0.15) is 0 Å². The minimum Gasteiger partial charge on any atom is -0.493 e. The Hall–Kier alpha value is -2.35. The topological polar surface area (TPSA) is 33.1 Å². The molecule has 0 atom stereocenters. The molecule has 0 aliphatic heterocycles. The van der Waals surface area contributed by atoms with Crippen molar-refractivity contribution in [3.63, 3.8) is 0 Å². The van der Waals surface area contributed by atoms with Crippen LogP contribution in [0, 0.1) is 19.8 Å². The van der Waals surface area contributed by atoms with Gasteiger partial charge in [-0.05, 0) is 55.0 Å². The Kier molecular flexibility index (Phi) is 4.08. The fraction of sp³-hybridized carbons (Fsp3) is 0.286. The molecule has 2 heteroatoms. The molecule has 0 bridgehead atoms. The smallest absolute Gasteiger partial charge is 0.214 e. The fourth-order valence-electron chi connectivity index (χ4n) is 3.01. The largest absolute Gasteiger partial charge is 0.493 e. The number of nitrogens with zero attached hydrogens (tertiary/aromatic N) is 1. The molecule has 0 aliphatic carbocycles. The molecule has 2 nitrogen and oxygen atoms in total. The Balaban J connectivity index is 2.21. The van der Waals surface area contributed by atoms with Gasteiger partial charge in [-0.1, -0.05) is 49.7 Å². The molecule has 2 aromatic carbocycles. The molecule has 0 saturated carbocycles. The maximum absolute atomic E-state index is 10.1. The van der Waals surface area contributed by atoms with Crippen LogP contribution in [-0.2, 0) is 6.42 Å². The van der Waals surface area contributed by atoms with Gasteiger partial charge in [-0.3, -0.25) is 0 Å². The Morgan fingerprint density at radius 3 is 2.26 bits per heavy atom. The third-order valence-corrected chi connectivity index (χ3v) is 4.33. The van der Waals surface area contributed by atoms with Gasteiger partial charge in [-0.15, -0.1) is 0 Å². The van der Waals surface area contributed by atoms with Crippen molar-refractivity contribution < 1.29 is 5.11 Å². The van der Waals surface area contributed by atoms with Gasteiger partial charge in [-0.25, -0.2) is 4.98 Å². The standard InChI is InChI=1S/C21H23NO/c1-13(2)11-18-15(4)21(23)22-20-10-9-17(12-19(18)20)16-7-5-14(3)6-8-16/h5-10,12-13H,11H2,1-4H3,(H,22,23). The van der Waals surface area contributed by atoms with Crippen LogP contribution in [-0.4, -0.2) is 10.1 Å². The number of rotatable bonds is 3. The lowest BCUT2D eigenvalue weighted by molar-refractivity contribution is 0.450. The first kappa shape index (κ1) is 15.5. The summed E-state index contributed by atoms with van der Waals surface area (Å²) in [5, 5.41) is 11.3. The summed E-state index contributed by atoms with van der Waals surface area (Å²) in [6.45, 7) is 8.46. The van der Waals surface area contributed by atoms with Crippen molar-refractivity contribution in [3.8, 4) is 17.0 Å². The van der Waals surface area contributed by atoms with Crippen LogP contribution in [0.4, 0.5) is 0 Å². The summed E-state index contributed by atoms with van der Waals surface area (Å²) in [5.74, 6) is 0.679. The normalized spacial score (nSPS) is 11.3. The zero-order chi connectivity index (χ0) is 16.6. The van der Waals surface area contributed by atoms with Gasteiger partial charge in [0.2, 0.25) is 5.88 Å². The molecule has 118 valence electrons. The summed E-state index contributed by atoms with van der Waals surface area (Å²) in [6.07, 6.45) is 0.940. The SMILES string of the molecule is Cc1ccc(-c2ccc3nc(O)c(C)c(CC(C)C)c3c2)cc1. The number of hydrogen-bond donors (Lipinski definition) is 1. The molecule has 1 N–H and O–H groups in total. The highest BCUT2D eigenvalue weighted by Gasteiger charge is 2.13. The average molecular weight is 305 g/mol. The van der Waals surface area contributed by atoms with Gasteiger partial charge < -0.3 is 5.11 Å². The summed E-state index contributed by atoms with van der Waals surface area (Å²) < 4.78 is 0. The summed E-state index contributed by atoms with van der Waals surface area (Å²) in [6, 6.07) is 14.9. The predicted molar refractivity (Wildman–Crippen MR) is 96.9 cm³/mol. The van der Waals surface area contributed by atoms with Crippen LogP contribution in [0.25, 0.3) is 22.0 Å². The van der Waals surface area contributed by atoms with Gasteiger partial charge in [0, 0.05) is 10.9 Å². The quantitative estimate of drug-likeness (QED) is 0.700. The second-order valence-corrected chi connectivity index (χ2v) is 6.73. The average Bonchev–Trinajstić information content (AvgIpc) is 2.52. The molecule has 3 aromatic rings. The van der Waals surface area contributed by atoms with E-state index in [0.717, 1.165) is 22.9 Å². The molecular weight excluding hydrogens is 282 g/mol. The van der Waals surface area contributed by atoms with Gasteiger partial charge >= 0.3 is 0 Å². The van der Waals surface area contributed by atoms with E-state index in [2.05, 4.69) is 62.2 Å². The molecule has 0 spiro atoms. The molecule has 0 saturated heterocycles. The third-order valence-electron chi connectivity index (χ3n) is 4.33. The van der Waals surface area contributed by atoms with Crippen LogP contribution in [0.5, 0.6) is 5.88 Å². The Bertz CT molecular complexity index is 848. The highest BCUT2D eigenvalue weighted by atomic mass is 16.3. The summed E-state index contributed by atoms with van der Waals surface area (Å²) >= 11 is 0. The van der Waals surface area contributed by atoms with E-state index in [9.17, 15) is 5.11 Å². The summed E-state index contributed by atoms with van der Waals surface area (Å²) in [7, 11) is 0. The van der Waals surface area contributed by atoms with Crippen molar-refractivity contribution in [1.82, 2.24) is 4.98 Å². The number of hydrogen-bond acceptors (Lipinski definition) is 2. The molecule has 1 aromatic heterocycles. The number of aryl methyl sites for hydroxylation is 1. The first-order chi connectivity index (χ1) is 11.0. The Morgan fingerprint density at radius 2 is 1.61 bits per heavy atom. The van der Waals surface area contributed by atoms with E-state index in [4.69, 9.17) is 0 Å². The number of benzene rings is 2. The highest BCUT2D eigenvalue weighted by Crippen LogP contribution is 2.32. The fourth-order valence-corrected chi connectivity index (χ4v) is 3.01. The van der Waals surface area contributed by atoms with E-state index in [0.29, 0.717) is 5.92 Å². The van der Waals surface area contributed by atoms with Crippen molar-refractivity contribution in [2.75, 3.05) is 0 Å². The van der Waals surface area contributed by atoms with Crippen LogP contribution in [0.15, 0.2) is 42.5 Å². The molecule has 0 fully saturated rings. The van der Waals surface area contributed by atoms with Gasteiger partial charge in [0.25, 0.3) is 0 Å². The van der Waals surface area contributed by atoms with Crippen molar-refractivity contribution in [1.29, 1.82) is 0 Å². The van der Waals surface area contributed by atoms with Crippen molar-refractivity contribution >= 4 is 10.9 Å². The second kappa shape index (κ2) is 6.04. The van der Waals surface area contributed by atoms with Crippen LogP contribution in [0.1, 0.15) is 30.5 Å². The van der Waals surface area contributed by atoms with E-state index in [-0.39, 0.29) is 5.88 Å². The maximum Gasteiger partial charge on any atom is 0.214 e. The lowest BCUT2D eigenvalue weighted by Gasteiger charge is -2.14. The van der Waals surface area contributed by atoms with Crippen LogP contribution < -0.4 is 0 Å². The minimum absolute atomic E-state index is 0.149. The van der Waals surface area contributed by atoms with E-state index in [1.54, 1.807) is 0 Å². The minimum atomic E-state index is 0.149. The lowest BCUT2D eigenvalue weighted by Crippen LogP contribution is -2.00. The Labute approximate surface area is 137 Å². The molecule has 0 aliphatic rings. The molecule has 23 heavy (non-hydrogen) atoms. The molecule has 1 heterocycles. The summed E-state index contributed by atoms with van der Waals surface area (Å²) in [4.78, 5) is 4.35. The van der Waals surface area contributed by atoms with E-state index >= 15 is 0 Å². The van der Waals surface area contributed by atoms with Gasteiger partial charge in [0.05, 0.1) is 5.52 Å². The summed E-state index contributed by atoms with van der Waals surface area (Å²) in [5.41, 5.74) is 6.62. The van der Waals surface area contributed by atoms with Gasteiger partial charge in [0.15, 0.2) is 0 Å². The monoisotopic (exact) mass is 305 g/mol. The zero-order valence-electron chi connectivity index (χ0n) is 14.2. The molecule has 0 radical (unpaired) electrons. The molecule has 0 unspecified atom stereocenters. The van der Waals surface area contributed by atoms with E-state index in [1.807, 2.05) is 13.0 Å². The number of aromatic hydroxyl groups is 1. The molecular formula is C21H23NO. The third kappa shape index (κ3) is 3.07. The van der Waals surface area contributed by atoms with Crippen molar-refractivity contribution in [2.45, 2.75) is 34.1 Å². The van der Waals surface area contributed by atoms with Crippen molar-refractivity contribution in [3.05, 3.63) is 59.2 Å². The second-order valence-electron chi connectivity index (χ2n) is 6.73. The van der Waals surface area contributed by atoms with Gasteiger partial charge in [0.1, 0.15) is 0 Å². The van der Waals surface area contributed by atoms with Crippen molar-refractivity contribution in [2.24, 2.45) is 5.92 Å². The molecule has 0 amide bonds. The van der Waals surface area contributed by atoms with E-state index in [1.165, 1.54) is 22.3 Å². The maximum atomic E-state index is 10.1. The predicted octanol–water partition coefficient (Wildman–Crippen LogP) is 5.42. The Morgan fingerprint density at radius 1 is 0.957 bits per heavy atom. The van der Waals surface area contributed by atoms with E-state index < -0.39 is 0 Å². The lowest BCUT2D eigenvalue weighted by atomic mass is 9.93. The zero-order valence-corrected chi connectivity index (χ0v) is 14.2. The van der Waals surface area contributed by atoms with Crippen LogP contribution in [0.2, 0.25) is 0 Å². The molecule has 3 rings (SSSR count). The van der Waals surface area contributed by atoms with Crippen LogP contribution in [0.3, 0.4) is 0 Å². The first-order valence-corrected chi connectivity index (χ1v) is 8.15. The highest BCUT2D eigenvalue weighted by molar-refractivity contribution is 5.88.